The molecule has 0 aromatic carbocycles. The normalized spacial score (nSPS) is 14.7. The van der Waals surface area contributed by atoms with Crippen molar-refractivity contribution in [1.29, 1.82) is 0 Å². The first-order chi connectivity index (χ1) is 9.99. The van der Waals surface area contributed by atoms with E-state index in [1.54, 1.807) is 10.8 Å². The van der Waals surface area contributed by atoms with Gasteiger partial charge in [-0.15, -0.1) is 0 Å². The Hall–Kier alpha value is -0.360. The van der Waals surface area contributed by atoms with Crippen LogP contribution in [0, 0.1) is 16.7 Å². The van der Waals surface area contributed by atoms with E-state index in [1.807, 2.05) is 6.92 Å². The molecule has 6 heteroatoms. The lowest BCUT2D eigenvalue weighted by molar-refractivity contribution is -0.159. The van der Waals surface area contributed by atoms with Crippen LogP contribution < -0.4 is 0 Å². The predicted molar refractivity (Wildman–Crippen MR) is 95.1 cm³/mol. The van der Waals surface area contributed by atoms with E-state index in [0.29, 0.717) is 18.1 Å². The highest BCUT2D eigenvalue weighted by atomic mass is 33.1. The van der Waals surface area contributed by atoms with Crippen molar-refractivity contribution in [3.63, 3.8) is 0 Å². The highest BCUT2D eigenvalue weighted by Gasteiger charge is 2.41. The molecule has 0 spiro atoms. The van der Waals surface area contributed by atoms with Gasteiger partial charge in [0.2, 0.25) is 0 Å². The maximum atomic E-state index is 12.4. The molecule has 0 aliphatic carbocycles. The number of hydrogen-bond donors (Lipinski definition) is 1. The van der Waals surface area contributed by atoms with Crippen LogP contribution in [0.2, 0.25) is 0 Å². The quantitative estimate of drug-likeness (QED) is 0.356. The second kappa shape index (κ2) is 9.71. The van der Waals surface area contributed by atoms with E-state index < -0.39 is 11.4 Å². The van der Waals surface area contributed by atoms with Crippen molar-refractivity contribution in [3.8, 4) is 0 Å². The minimum absolute atomic E-state index is 0.0689. The zero-order chi connectivity index (χ0) is 17.4. The molecule has 1 atom stereocenters. The van der Waals surface area contributed by atoms with E-state index in [2.05, 4.69) is 34.6 Å². The highest BCUT2D eigenvalue weighted by Crippen LogP contribution is 2.40. The summed E-state index contributed by atoms with van der Waals surface area (Å²) >= 11 is 0. The van der Waals surface area contributed by atoms with Crippen LogP contribution in [-0.2, 0) is 14.3 Å². The van der Waals surface area contributed by atoms with Crippen LogP contribution in [0.5, 0.6) is 0 Å². The first kappa shape index (κ1) is 21.6. The number of hydrogen-bond acceptors (Lipinski definition) is 5. The topological polar surface area (TPSA) is 63.6 Å². The third-order valence-electron chi connectivity index (χ3n) is 3.52. The smallest absolute Gasteiger partial charge is 0.312 e. The fourth-order valence-corrected chi connectivity index (χ4v) is 4.00. The number of esters is 1. The summed E-state index contributed by atoms with van der Waals surface area (Å²) in [6.07, 6.45) is 0.950. The third kappa shape index (κ3) is 8.93. The van der Waals surface area contributed by atoms with Crippen LogP contribution in [0.4, 0.5) is 0 Å². The van der Waals surface area contributed by atoms with Gasteiger partial charge in [-0.05, 0) is 24.7 Å². The fraction of sp³-hybridized carbons (Fsp3) is 0.875. The van der Waals surface area contributed by atoms with E-state index >= 15 is 0 Å². The summed E-state index contributed by atoms with van der Waals surface area (Å²) in [5.41, 5.74) is -0.404. The van der Waals surface area contributed by atoms with E-state index in [-0.39, 0.29) is 23.7 Å². The van der Waals surface area contributed by atoms with E-state index in [9.17, 15) is 9.59 Å². The molecule has 0 aromatic rings. The van der Waals surface area contributed by atoms with Crippen molar-refractivity contribution in [2.75, 3.05) is 18.1 Å². The number of ether oxygens (including phenoxy) is 1. The molecule has 0 fully saturated rings. The summed E-state index contributed by atoms with van der Waals surface area (Å²) in [6, 6.07) is 0. The lowest BCUT2D eigenvalue weighted by Gasteiger charge is -2.36. The molecule has 0 heterocycles. The average Bonchev–Trinajstić information content (AvgIpc) is 2.34. The molecule has 0 amide bonds. The van der Waals surface area contributed by atoms with Crippen LogP contribution >= 0.6 is 21.6 Å². The summed E-state index contributed by atoms with van der Waals surface area (Å²) in [6.45, 7) is 12.9. The number of carbonyl (C=O) groups excluding carboxylic acids is 1. The van der Waals surface area contributed by atoms with Gasteiger partial charge in [-0.3, -0.25) is 9.59 Å². The molecule has 1 N–H and O–H groups in total. The van der Waals surface area contributed by atoms with Gasteiger partial charge in [-0.2, -0.15) is 0 Å². The minimum atomic E-state index is -0.783. The molecule has 0 radical (unpaired) electrons. The van der Waals surface area contributed by atoms with Gasteiger partial charge in [-0.25, -0.2) is 0 Å². The van der Waals surface area contributed by atoms with Crippen LogP contribution in [-0.4, -0.2) is 35.2 Å². The Kier molecular flexibility index (Phi) is 9.55. The van der Waals surface area contributed by atoms with Crippen LogP contribution in [0.25, 0.3) is 0 Å². The Morgan fingerprint density at radius 2 is 1.64 bits per heavy atom. The van der Waals surface area contributed by atoms with Gasteiger partial charge in [-0.1, -0.05) is 56.2 Å². The summed E-state index contributed by atoms with van der Waals surface area (Å²) in [5, 5.41) is 8.53. The number of carboxylic acids is 1. The van der Waals surface area contributed by atoms with Crippen molar-refractivity contribution < 1.29 is 19.4 Å². The lowest BCUT2D eigenvalue weighted by atomic mass is 9.69. The third-order valence-corrected chi connectivity index (χ3v) is 5.89. The molecule has 4 nitrogen and oxygen atoms in total. The average molecular weight is 351 g/mol. The molecule has 0 bridgehead atoms. The Balaban J connectivity index is 4.18. The first-order valence-electron chi connectivity index (χ1n) is 7.62. The monoisotopic (exact) mass is 350 g/mol. The largest absolute Gasteiger partial charge is 0.481 e. The molecule has 0 rings (SSSR count). The Labute approximate surface area is 142 Å². The molecule has 0 aliphatic heterocycles. The Morgan fingerprint density at radius 3 is 2.09 bits per heavy atom. The molecular weight excluding hydrogens is 320 g/mol. The summed E-state index contributed by atoms with van der Waals surface area (Å²) < 4.78 is 5.45. The van der Waals surface area contributed by atoms with Crippen molar-refractivity contribution in [3.05, 3.63) is 0 Å². The standard InChI is InChI=1S/C16H30O4S2/c1-12(2)16(6,11-15(3,4)5)14(19)20-8-10-22-21-9-7-13(17)18/h12H,7-11H2,1-6H3,(H,17,18). The van der Waals surface area contributed by atoms with Gasteiger partial charge in [0.1, 0.15) is 6.61 Å². The van der Waals surface area contributed by atoms with E-state index in [1.165, 1.54) is 10.8 Å². The second-order valence-corrected chi connectivity index (χ2v) is 9.94. The van der Waals surface area contributed by atoms with Crippen molar-refractivity contribution >= 4 is 33.5 Å². The SMILES string of the molecule is CC(C)C(C)(CC(C)(C)C)C(=O)OCCSSCCC(=O)O. The summed E-state index contributed by atoms with van der Waals surface area (Å²) in [4.78, 5) is 22.8. The molecule has 130 valence electrons. The van der Waals surface area contributed by atoms with Gasteiger partial charge in [0.15, 0.2) is 0 Å². The maximum Gasteiger partial charge on any atom is 0.312 e. The minimum Gasteiger partial charge on any atom is -0.481 e. The molecule has 0 saturated heterocycles. The van der Waals surface area contributed by atoms with Crippen molar-refractivity contribution in [1.82, 2.24) is 0 Å². The Morgan fingerprint density at radius 1 is 1.09 bits per heavy atom. The summed E-state index contributed by atoms with van der Waals surface area (Å²) in [7, 11) is 3.05. The van der Waals surface area contributed by atoms with E-state index in [4.69, 9.17) is 9.84 Å². The number of rotatable bonds is 10. The van der Waals surface area contributed by atoms with E-state index in [0.717, 1.165) is 6.42 Å². The lowest BCUT2D eigenvalue weighted by Crippen LogP contribution is -2.38. The number of aliphatic carboxylic acids is 1. The zero-order valence-corrected chi connectivity index (χ0v) is 16.2. The molecule has 1 unspecified atom stereocenters. The Bertz CT molecular complexity index is 364. The number of carboxylic acid groups (broad SMARTS) is 1. The molecular formula is C16H30O4S2. The molecule has 0 aliphatic rings. The van der Waals surface area contributed by atoms with Crippen LogP contribution in [0.15, 0.2) is 0 Å². The maximum absolute atomic E-state index is 12.4. The van der Waals surface area contributed by atoms with Gasteiger partial charge < -0.3 is 9.84 Å². The van der Waals surface area contributed by atoms with Gasteiger partial charge >= 0.3 is 11.9 Å². The second-order valence-electron chi connectivity index (χ2n) is 7.23. The van der Waals surface area contributed by atoms with Crippen LogP contribution in [0.3, 0.4) is 0 Å². The zero-order valence-electron chi connectivity index (χ0n) is 14.6. The predicted octanol–water partition coefficient (Wildman–Crippen LogP) is 4.48. The highest BCUT2D eigenvalue weighted by molar-refractivity contribution is 8.76. The van der Waals surface area contributed by atoms with Gasteiger partial charge in [0.05, 0.1) is 11.8 Å². The fourth-order valence-electron chi connectivity index (χ4n) is 2.19. The first-order valence-corrected chi connectivity index (χ1v) is 10.1. The number of carbonyl (C=O) groups is 2. The van der Waals surface area contributed by atoms with Crippen LogP contribution in [0.1, 0.15) is 54.4 Å². The van der Waals surface area contributed by atoms with Gasteiger partial charge in [0, 0.05) is 11.5 Å². The summed E-state index contributed by atoms with van der Waals surface area (Å²) in [5.74, 6) is 0.557. The van der Waals surface area contributed by atoms with Crippen molar-refractivity contribution in [2.45, 2.75) is 54.4 Å². The molecule has 0 aromatic heterocycles. The molecule has 0 saturated carbocycles. The van der Waals surface area contributed by atoms with Gasteiger partial charge in [0.25, 0.3) is 0 Å². The molecule has 22 heavy (non-hydrogen) atoms. The van der Waals surface area contributed by atoms with Crippen molar-refractivity contribution in [2.24, 2.45) is 16.7 Å².